The zero-order valence-corrected chi connectivity index (χ0v) is 21.7. The summed E-state index contributed by atoms with van der Waals surface area (Å²) >= 11 is 5.94. The van der Waals surface area contributed by atoms with Crippen molar-refractivity contribution in [2.45, 2.75) is 32.4 Å². The number of carbonyl (C=O) groups is 3. The number of amides is 4. The number of para-hydroxylation sites is 1. The van der Waals surface area contributed by atoms with Crippen LogP contribution in [0, 0.1) is 0 Å². The molecule has 4 rings (SSSR count). The molecule has 1 aliphatic rings. The molecule has 1 heterocycles. The lowest BCUT2D eigenvalue weighted by molar-refractivity contribution is -0.125. The van der Waals surface area contributed by atoms with E-state index in [-0.39, 0.29) is 12.5 Å². The van der Waals surface area contributed by atoms with Crippen molar-refractivity contribution in [3.8, 4) is 0 Å². The van der Waals surface area contributed by atoms with Crippen molar-refractivity contribution in [1.82, 2.24) is 10.6 Å². The minimum absolute atomic E-state index is 0.194. The molecule has 37 heavy (non-hydrogen) atoms. The van der Waals surface area contributed by atoms with Gasteiger partial charge in [-0.3, -0.25) is 9.59 Å². The third-order valence-corrected chi connectivity index (χ3v) is 5.89. The Kier molecular flexibility index (Phi) is 7.64. The summed E-state index contributed by atoms with van der Waals surface area (Å²) in [6.07, 6.45) is 1.74. The Morgan fingerprint density at radius 3 is 2.24 bits per heavy atom. The topological polar surface area (TPSA) is 90.5 Å². The van der Waals surface area contributed by atoms with Gasteiger partial charge < -0.3 is 20.9 Å². The lowest BCUT2D eigenvalue weighted by Crippen LogP contribution is -2.52. The van der Waals surface area contributed by atoms with Crippen molar-refractivity contribution < 1.29 is 14.4 Å². The zero-order chi connectivity index (χ0) is 26.6. The molecule has 1 atom stereocenters. The maximum atomic E-state index is 13.9. The van der Waals surface area contributed by atoms with Crippen LogP contribution < -0.4 is 20.9 Å². The predicted molar refractivity (Wildman–Crippen MR) is 148 cm³/mol. The molecule has 190 valence electrons. The number of nitrogens with one attached hydrogen (secondary N) is 3. The number of benzene rings is 3. The van der Waals surface area contributed by atoms with Crippen LogP contribution in [0.4, 0.5) is 16.2 Å². The van der Waals surface area contributed by atoms with Crippen LogP contribution in [0.15, 0.2) is 84.9 Å². The Balaban J connectivity index is 1.72. The predicted octanol–water partition coefficient (Wildman–Crippen LogP) is 5.22. The van der Waals surface area contributed by atoms with Crippen molar-refractivity contribution in [3.63, 3.8) is 0 Å². The van der Waals surface area contributed by atoms with E-state index in [2.05, 4.69) is 16.0 Å². The van der Waals surface area contributed by atoms with Gasteiger partial charge in [0, 0.05) is 21.8 Å². The maximum absolute atomic E-state index is 13.9. The highest BCUT2D eigenvalue weighted by molar-refractivity contribution is 6.30. The Morgan fingerprint density at radius 2 is 1.57 bits per heavy atom. The summed E-state index contributed by atoms with van der Waals surface area (Å²) < 4.78 is 0. The Hall–Kier alpha value is -4.10. The van der Waals surface area contributed by atoms with Gasteiger partial charge in [0.1, 0.15) is 12.6 Å². The highest BCUT2D eigenvalue weighted by Gasteiger charge is 2.33. The van der Waals surface area contributed by atoms with Gasteiger partial charge in [0.05, 0.1) is 5.69 Å². The first-order chi connectivity index (χ1) is 17.6. The molecule has 0 spiro atoms. The van der Waals surface area contributed by atoms with Gasteiger partial charge in [0.25, 0.3) is 5.91 Å². The minimum Gasteiger partial charge on any atom is -0.350 e. The molecule has 0 aliphatic carbocycles. The van der Waals surface area contributed by atoms with Crippen LogP contribution in [-0.2, 0) is 9.59 Å². The van der Waals surface area contributed by atoms with Gasteiger partial charge >= 0.3 is 6.03 Å². The van der Waals surface area contributed by atoms with E-state index in [9.17, 15) is 14.4 Å². The second-order valence-corrected chi connectivity index (χ2v) is 10.2. The number of urea groups is 1. The molecule has 0 saturated heterocycles. The summed E-state index contributed by atoms with van der Waals surface area (Å²) in [5.41, 5.74) is 3.10. The average molecular weight is 517 g/mol. The minimum atomic E-state index is -1.03. The maximum Gasteiger partial charge on any atom is 0.320 e. The fourth-order valence-corrected chi connectivity index (χ4v) is 4.26. The average Bonchev–Trinajstić information content (AvgIpc) is 2.95. The van der Waals surface area contributed by atoms with E-state index in [0.717, 1.165) is 16.7 Å². The molecule has 3 aromatic rings. The number of hydrogen-bond donors (Lipinski definition) is 3. The lowest BCUT2D eigenvalue weighted by atomic mass is 9.95. The van der Waals surface area contributed by atoms with Crippen LogP contribution in [0.1, 0.15) is 31.9 Å². The summed E-state index contributed by atoms with van der Waals surface area (Å²) in [6, 6.07) is 22.1. The standard InChI is InChI=1S/C29H29ClN4O3/c1-29(2,3)33-26(35)18-34-25-12-8-7-11-22(25)23(19-9-5-4-6-10-19)17-24(27(34)36)32-28(37)31-21-15-13-20(30)14-16-21/h4-17,24H,18H2,1-3H3,(H,33,35)(H2,31,32,37). The van der Waals surface area contributed by atoms with Crippen molar-refractivity contribution in [2.75, 3.05) is 16.8 Å². The van der Waals surface area contributed by atoms with Crippen molar-refractivity contribution in [2.24, 2.45) is 0 Å². The van der Waals surface area contributed by atoms with Crippen molar-refractivity contribution in [1.29, 1.82) is 0 Å². The van der Waals surface area contributed by atoms with Gasteiger partial charge in [-0.25, -0.2) is 4.79 Å². The van der Waals surface area contributed by atoms with Crippen LogP contribution in [0.25, 0.3) is 5.57 Å². The molecule has 7 nitrogen and oxygen atoms in total. The van der Waals surface area contributed by atoms with Crippen LogP contribution in [0.2, 0.25) is 5.02 Å². The molecule has 0 bridgehead atoms. The van der Waals surface area contributed by atoms with Gasteiger partial charge in [-0.05, 0) is 68.3 Å². The SMILES string of the molecule is CC(C)(C)NC(=O)CN1C(=O)C(NC(=O)Nc2ccc(Cl)cc2)C=C(c2ccccc2)c2ccccc21. The van der Waals surface area contributed by atoms with Crippen LogP contribution in [0.5, 0.6) is 0 Å². The van der Waals surface area contributed by atoms with Crippen LogP contribution in [0.3, 0.4) is 0 Å². The lowest BCUT2D eigenvalue weighted by Gasteiger charge is -2.28. The molecule has 1 unspecified atom stereocenters. The van der Waals surface area contributed by atoms with Gasteiger partial charge in [0.15, 0.2) is 0 Å². The number of carbonyl (C=O) groups excluding carboxylic acids is 3. The molecule has 0 aromatic heterocycles. The highest BCUT2D eigenvalue weighted by Crippen LogP contribution is 2.35. The van der Waals surface area contributed by atoms with Gasteiger partial charge in [-0.1, -0.05) is 60.1 Å². The first kappa shape index (κ1) is 26.0. The van der Waals surface area contributed by atoms with E-state index in [4.69, 9.17) is 11.6 Å². The molecule has 3 aromatic carbocycles. The van der Waals surface area contributed by atoms with E-state index < -0.39 is 23.5 Å². The Bertz CT molecular complexity index is 1330. The summed E-state index contributed by atoms with van der Waals surface area (Å²) in [7, 11) is 0. The first-order valence-corrected chi connectivity index (χ1v) is 12.3. The quantitative estimate of drug-likeness (QED) is 0.434. The van der Waals surface area contributed by atoms with Crippen molar-refractivity contribution >= 4 is 46.4 Å². The monoisotopic (exact) mass is 516 g/mol. The third-order valence-electron chi connectivity index (χ3n) is 5.64. The highest BCUT2D eigenvalue weighted by atomic mass is 35.5. The second kappa shape index (κ2) is 10.9. The Morgan fingerprint density at radius 1 is 0.919 bits per heavy atom. The van der Waals surface area contributed by atoms with Crippen molar-refractivity contribution in [3.05, 3.63) is 101 Å². The molecule has 0 fully saturated rings. The molecule has 4 amide bonds. The molecular formula is C29H29ClN4O3. The van der Waals surface area contributed by atoms with E-state index in [1.807, 2.05) is 75.4 Å². The van der Waals surface area contributed by atoms with E-state index in [1.165, 1.54) is 4.90 Å². The number of anilines is 2. The largest absolute Gasteiger partial charge is 0.350 e. The summed E-state index contributed by atoms with van der Waals surface area (Å²) in [6.45, 7) is 5.44. The molecule has 1 aliphatic heterocycles. The van der Waals surface area contributed by atoms with E-state index >= 15 is 0 Å². The first-order valence-electron chi connectivity index (χ1n) is 11.9. The van der Waals surface area contributed by atoms with E-state index in [1.54, 1.807) is 30.3 Å². The molecule has 0 radical (unpaired) electrons. The molecule has 0 saturated carbocycles. The number of nitrogens with zero attached hydrogens (tertiary/aromatic N) is 1. The zero-order valence-electron chi connectivity index (χ0n) is 20.9. The molecular weight excluding hydrogens is 488 g/mol. The van der Waals surface area contributed by atoms with Gasteiger partial charge in [0.2, 0.25) is 5.91 Å². The van der Waals surface area contributed by atoms with Crippen LogP contribution in [-0.4, -0.2) is 36.0 Å². The summed E-state index contributed by atoms with van der Waals surface area (Å²) in [5, 5.41) is 8.96. The molecule has 8 heteroatoms. The number of fused-ring (bicyclic) bond motifs is 1. The fraction of sp³-hybridized carbons (Fsp3) is 0.207. The smallest absolute Gasteiger partial charge is 0.320 e. The van der Waals surface area contributed by atoms with Gasteiger partial charge in [-0.2, -0.15) is 0 Å². The molecule has 3 N–H and O–H groups in total. The third kappa shape index (κ3) is 6.57. The number of rotatable bonds is 5. The number of hydrogen-bond acceptors (Lipinski definition) is 3. The van der Waals surface area contributed by atoms with Crippen LogP contribution >= 0.6 is 11.6 Å². The fourth-order valence-electron chi connectivity index (χ4n) is 4.13. The normalized spacial score (nSPS) is 15.2. The number of halogens is 1. The second-order valence-electron chi connectivity index (χ2n) is 9.77. The summed E-state index contributed by atoms with van der Waals surface area (Å²) in [5.74, 6) is -0.725. The summed E-state index contributed by atoms with van der Waals surface area (Å²) in [4.78, 5) is 41.1. The van der Waals surface area contributed by atoms with E-state index in [0.29, 0.717) is 16.4 Å². The Labute approximate surface area is 221 Å². The van der Waals surface area contributed by atoms with Gasteiger partial charge in [-0.15, -0.1) is 0 Å².